The first-order valence-corrected chi connectivity index (χ1v) is 4.41. The fourth-order valence-corrected chi connectivity index (χ4v) is 1.95. The molecule has 0 aliphatic heterocycles. The van der Waals surface area contributed by atoms with Crippen LogP contribution in [0.15, 0.2) is 12.2 Å². The van der Waals surface area contributed by atoms with Crippen LogP contribution < -0.4 is 0 Å². The second kappa shape index (κ2) is 3.23. The lowest BCUT2D eigenvalue weighted by Crippen LogP contribution is -1.92. The fraction of sp³-hybridized carbons (Fsp3) is 0.800. The smallest absolute Gasteiger partial charge is 0.0232 e. The minimum absolute atomic E-state index is 0.802. The Balaban J connectivity index is 2.34. The molecule has 1 saturated carbocycles. The molecule has 1 aliphatic carbocycles. The second-order valence-electron chi connectivity index (χ2n) is 3.65. The highest BCUT2D eigenvalue weighted by atomic mass is 14.3. The Bertz CT molecular complexity index is 124. The van der Waals surface area contributed by atoms with Crippen LogP contribution in [-0.4, -0.2) is 0 Å². The average molecular weight is 138 g/mol. The molecular formula is C10H18. The van der Waals surface area contributed by atoms with Crippen LogP contribution in [0.2, 0.25) is 0 Å². The van der Waals surface area contributed by atoms with E-state index in [2.05, 4.69) is 20.4 Å². The van der Waals surface area contributed by atoms with Gasteiger partial charge in [0.1, 0.15) is 0 Å². The molecule has 0 aromatic heterocycles. The van der Waals surface area contributed by atoms with E-state index in [9.17, 15) is 0 Å². The van der Waals surface area contributed by atoms with Gasteiger partial charge in [-0.1, -0.05) is 38.8 Å². The van der Waals surface area contributed by atoms with Crippen LogP contribution in [0.25, 0.3) is 0 Å². The highest BCUT2D eigenvalue weighted by Crippen LogP contribution is 2.36. The number of allylic oxidation sites excluding steroid dienone is 1. The SMILES string of the molecule is C=C1CC(CCC)CC1C. The van der Waals surface area contributed by atoms with E-state index in [-0.39, 0.29) is 0 Å². The third-order valence-corrected chi connectivity index (χ3v) is 2.63. The zero-order valence-corrected chi connectivity index (χ0v) is 7.19. The van der Waals surface area contributed by atoms with Crippen molar-refractivity contribution in [1.29, 1.82) is 0 Å². The zero-order chi connectivity index (χ0) is 7.56. The van der Waals surface area contributed by atoms with Crippen molar-refractivity contribution < 1.29 is 0 Å². The Morgan fingerprint density at radius 2 is 2.30 bits per heavy atom. The largest absolute Gasteiger partial charge is 0.0996 e. The minimum atomic E-state index is 0.802. The summed E-state index contributed by atoms with van der Waals surface area (Å²) in [7, 11) is 0. The molecule has 1 rings (SSSR count). The zero-order valence-electron chi connectivity index (χ0n) is 7.19. The molecule has 0 heterocycles. The quantitative estimate of drug-likeness (QED) is 0.513. The maximum atomic E-state index is 4.07. The summed E-state index contributed by atoms with van der Waals surface area (Å²) in [4.78, 5) is 0. The summed E-state index contributed by atoms with van der Waals surface area (Å²) in [5.41, 5.74) is 1.48. The Labute approximate surface area is 64.3 Å². The van der Waals surface area contributed by atoms with Crippen LogP contribution in [0.3, 0.4) is 0 Å². The number of hydrogen-bond donors (Lipinski definition) is 0. The molecule has 0 aromatic carbocycles. The van der Waals surface area contributed by atoms with Crippen molar-refractivity contribution in [2.75, 3.05) is 0 Å². The van der Waals surface area contributed by atoms with Gasteiger partial charge < -0.3 is 0 Å². The van der Waals surface area contributed by atoms with Crippen LogP contribution in [-0.2, 0) is 0 Å². The predicted octanol–water partition coefficient (Wildman–Crippen LogP) is 3.39. The molecule has 0 spiro atoms. The highest BCUT2D eigenvalue weighted by Gasteiger charge is 2.23. The monoisotopic (exact) mass is 138 g/mol. The maximum Gasteiger partial charge on any atom is -0.0232 e. The van der Waals surface area contributed by atoms with E-state index in [1.807, 2.05) is 0 Å². The van der Waals surface area contributed by atoms with Gasteiger partial charge in [-0.05, 0) is 24.7 Å². The first kappa shape index (κ1) is 7.84. The summed E-state index contributed by atoms with van der Waals surface area (Å²) >= 11 is 0. The Morgan fingerprint density at radius 3 is 2.70 bits per heavy atom. The predicted molar refractivity (Wildman–Crippen MR) is 45.9 cm³/mol. The lowest BCUT2D eigenvalue weighted by molar-refractivity contribution is 0.474. The van der Waals surface area contributed by atoms with Crippen LogP contribution in [0, 0.1) is 11.8 Å². The normalized spacial score (nSPS) is 33.2. The molecule has 0 heteroatoms. The minimum Gasteiger partial charge on any atom is -0.0996 e. The van der Waals surface area contributed by atoms with Gasteiger partial charge in [0.2, 0.25) is 0 Å². The van der Waals surface area contributed by atoms with E-state index in [4.69, 9.17) is 0 Å². The molecular weight excluding hydrogens is 120 g/mol. The fourth-order valence-electron chi connectivity index (χ4n) is 1.95. The molecule has 1 aliphatic rings. The third-order valence-electron chi connectivity index (χ3n) is 2.63. The van der Waals surface area contributed by atoms with Gasteiger partial charge in [-0.25, -0.2) is 0 Å². The molecule has 0 bridgehead atoms. The lowest BCUT2D eigenvalue weighted by atomic mass is 10.0. The number of rotatable bonds is 2. The Morgan fingerprint density at radius 1 is 1.60 bits per heavy atom. The molecule has 0 N–H and O–H groups in total. The van der Waals surface area contributed by atoms with Crippen LogP contribution in [0.1, 0.15) is 39.5 Å². The molecule has 0 nitrogen and oxygen atoms in total. The molecule has 2 unspecified atom stereocenters. The summed E-state index contributed by atoms with van der Waals surface area (Å²) < 4.78 is 0. The van der Waals surface area contributed by atoms with Gasteiger partial charge >= 0.3 is 0 Å². The summed E-state index contributed by atoms with van der Waals surface area (Å²) in [6, 6.07) is 0. The van der Waals surface area contributed by atoms with Gasteiger partial charge in [0.15, 0.2) is 0 Å². The topological polar surface area (TPSA) is 0 Å². The highest BCUT2D eigenvalue weighted by molar-refractivity contribution is 5.06. The van der Waals surface area contributed by atoms with E-state index in [1.165, 1.54) is 31.3 Å². The van der Waals surface area contributed by atoms with Crippen LogP contribution in [0.4, 0.5) is 0 Å². The Hall–Kier alpha value is -0.260. The van der Waals surface area contributed by atoms with Gasteiger partial charge in [0, 0.05) is 0 Å². The summed E-state index contributed by atoms with van der Waals surface area (Å²) in [6.07, 6.45) is 5.44. The molecule has 0 radical (unpaired) electrons. The first-order chi connectivity index (χ1) is 4.74. The molecule has 1 fully saturated rings. The van der Waals surface area contributed by atoms with Crippen molar-refractivity contribution in [2.45, 2.75) is 39.5 Å². The molecule has 0 amide bonds. The van der Waals surface area contributed by atoms with Crippen molar-refractivity contribution >= 4 is 0 Å². The molecule has 10 heavy (non-hydrogen) atoms. The second-order valence-corrected chi connectivity index (χ2v) is 3.65. The Kier molecular flexibility index (Phi) is 2.53. The van der Waals surface area contributed by atoms with E-state index >= 15 is 0 Å². The van der Waals surface area contributed by atoms with Crippen LogP contribution >= 0.6 is 0 Å². The van der Waals surface area contributed by atoms with Gasteiger partial charge in [0.05, 0.1) is 0 Å². The van der Waals surface area contributed by atoms with Gasteiger partial charge in [0.25, 0.3) is 0 Å². The van der Waals surface area contributed by atoms with Gasteiger partial charge in [-0.3, -0.25) is 0 Å². The van der Waals surface area contributed by atoms with Crippen molar-refractivity contribution in [3.05, 3.63) is 12.2 Å². The summed E-state index contributed by atoms with van der Waals surface area (Å²) in [5.74, 6) is 1.77. The van der Waals surface area contributed by atoms with Crippen molar-refractivity contribution in [1.82, 2.24) is 0 Å². The molecule has 2 atom stereocenters. The number of hydrogen-bond acceptors (Lipinski definition) is 0. The summed E-state index contributed by atoms with van der Waals surface area (Å²) in [6.45, 7) is 8.64. The van der Waals surface area contributed by atoms with Crippen molar-refractivity contribution in [3.8, 4) is 0 Å². The van der Waals surface area contributed by atoms with E-state index in [1.54, 1.807) is 0 Å². The van der Waals surface area contributed by atoms with E-state index < -0.39 is 0 Å². The maximum absolute atomic E-state index is 4.07. The van der Waals surface area contributed by atoms with E-state index in [0.29, 0.717) is 0 Å². The average Bonchev–Trinajstić information content (AvgIpc) is 2.14. The lowest BCUT2D eigenvalue weighted by Gasteiger charge is -2.04. The van der Waals surface area contributed by atoms with Crippen LogP contribution in [0.5, 0.6) is 0 Å². The molecule has 58 valence electrons. The third kappa shape index (κ3) is 1.62. The van der Waals surface area contributed by atoms with Crippen molar-refractivity contribution in [3.63, 3.8) is 0 Å². The molecule has 0 saturated heterocycles. The molecule has 0 aromatic rings. The van der Waals surface area contributed by atoms with Crippen molar-refractivity contribution in [2.24, 2.45) is 11.8 Å². The first-order valence-electron chi connectivity index (χ1n) is 4.41. The van der Waals surface area contributed by atoms with Gasteiger partial charge in [-0.15, -0.1) is 0 Å². The summed E-state index contributed by atoms with van der Waals surface area (Å²) in [5, 5.41) is 0. The van der Waals surface area contributed by atoms with Gasteiger partial charge in [-0.2, -0.15) is 0 Å². The standard InChI is InChI=1S/C10H18/c1-4-5-10-6-8(2)9(3)7-10/h9-10H,2,4-7H2,1,3H3. The van der Waals surface area contributed by atoms with E-state index in [0.717, 1.165) is 11.8 Å².